The van der Waals surface area contributed by atoms with Crippen LogP contribution in [0.25, 0.3) is 11.0 Å². The molecule has 0 saturated heterocycles. The van der Waals surface area contributed by atoms with E-state index in [4.69, 9.17) is 4.42 Å². The minimum absolute atomic E-state index is 0.0676. The summed E-state index contributed by atoms with van der Waals surface area (Å²) in [5.41, 5.74) is 0.572. The van der Waals surface area contributed by atoms with Crippen molar-refractivity contribution in [2.24, 2.45) is 0 Å². The molecule has 1 heterocycles. The highest BCUT2D eigenvalue weighted by molar-refractivity contribution is 6.10. The molecule has 6 nitrogen and oxygen atoms in total. The lowest BCUT2D eigenvalue weighted by Gasteiger charge is -2.03. The number of non-ortho nitro benzene ring substituents is 1. The number of hydrogen-bond acceptors (Lipinski definition) is 5. The molecule has 0 atom stereocenters. The molecule has 0 radical (unpaired) electrons. The van der Waals surface area contributed by atoms with E-state index >= 15 is 0 Å². The minimum atomic E-state index is -0.607. The van der Waals surface area contributed by atoms with E-state index in [2.05, 4.69) is 0 Å². The maximum Gasteiger partial charge on any atom is 0.270 e. The first-order valence-corrected chi connectivity index (χ1v) is 6.78. The summed E-state index contributed by atoms with van der Waals surface area (Å²) in [7, 11) is 0. The number of hydrogen-bond donors (Lipinski definition) is 0. The van der Waals surface area contributed by atoms with Crippen LogP contribution in [0.1, 0.15) is 21.5 Å². The molecule has 114 valence electrons. The number of carbonyl (C=O) groups is 1. The van der Waals surface area contributed by atoms with Gasteiger partial charge in [0, 0.05) is 17.7 Å². The van der Waals surface area contributed by atoms with Crippen LogP contribution in [0, 0.1) is 17.0 Å². The number of nitrogens with zero attached hydrogens (tertiary/aromatic N) is 1. The van der Waals surface area contributed by atoms with Crippen molar-refractivity contribution in [2.75, 3.05) is 0 Å². The monoisotopic (exact) mass is 309 g/mol. The fraction of sp³-hybridized carbons (Fsp3) is 0.0588. The Morgan fingerprint density at radius 1 is 1.17 bits per heavy atom. The van der Waals surface area contributed by atoms with Gasteiger partial charge in [0.25, 0.3) is 5.69 Å². The predicted octanol–water partition coefficient (Wildman–Crippen LogP) is 3.24. The fourth-order valence-corrected chi connectivity index (χ4v) is 2.31. The highest BCUT2D eigenvalue weighted by Gasteiger charge is 2.18. The second kappa shape index (κ2) is 5.49. The maximum atomic E-state index is 12.5. The van der Waals surface area contributed by atoms with Crippen molar-refractivity contribution in [3.63, 3.8) is 0 Å². The Kier molecular flexibility index (Phi) is 3.50. The molecule has 0 unspecified atom stereocenters. The molecule has 2 aromatic carbocycles. The van der Waals surface area contributed by atoms with Crippen LogP contribution in [0.4, 0.5) is 5.69 Å². The first kappa shape index (κ1) is 14.6. The number of ketones is 1. The van der Waals surface area contributed by atoms with Gasteiger partial charge in [-0.1, -0.05) is 18.2 Å². The first-order chi connectivity index (χ1) is 11.0. The van der Waals surface area contributed by atoms with Crippen molar-refractivity contribution in [1.29, 1.82) is 0 Å². The molecule has 0 fully saturated rings. The lowest BCUT2D eigenvalue weighted by molar-refractivity contribution is -0.384. The van der Waals surface area contributed by atoms with Gasteiger partial charge in [0.2, 0.25) is 5.43 Å². The van der Waals surface area contributed by atoms with Gasteiger partial charge in [-0.15, -0.1) is 0 Å². The van der Waals surface area contributed by atoms with E-state index < -0.39 is 16.1 Å². The number of nitro benzene ring substituents is 1. The Hall–Kier alpha value is -3.28. The van der Waals surface area contributed by atoms with Gasteiger partial charge in [-0.3, -0.25) is 19.7 Å². The van der Waals surface area contributed by atoms with Crippen molar-refractivity contribution in [2.45, 2.75) is 6.92 Å². The molecular formula is C17H11NO5. The smallest absolute Gasteiger partial charge is 0.270 e. The summed E-state index contributed by atoms with van der Waals surface area (Å²) in [5.74, 6) is -0.607. The number of benzene rings is 2. The van der Waals surface area contributed by atoms with Crippen LogP contribution in [0.3, 0.4) is 0 Å². The Balaban J connectivity index is 2.13. The van der Waals surface area contributed by atoms with Crippen LogP contribution in [0.2, 0.25) is 0 Å². The Morgan fingerprint density at radius 3 is 2.70 bits per heavy atom. The largest absolute Gasteiger partial charge is 0.463 e. The van der Waals surface area contributed by atoms with Crippen LogP contribution in [-0.2, 0) is 0 Å². The summed E-state index contributed by atoms with van der Waals surface area (Å²) in [6, 6.07) is 10.3. The standard InChI is InChI=1S/C17H11NO5/c1-10-5-6-13-15(7-10)23-9-14(17(13)20)16(19)11-3-2-4-12(8-11)18(21)22/h2-9H,1H3. The summed E-state index contributed by atoms with van der Waals surface area (Å²) in [5, 5.41) is 11.1. The zero-order valence-corrected chi connectivity index (χ0v) is 12.1. The molecule has 23 heavy (non-hydrogen) atoms. The summed E-state index contributed by atoms with van der Waals surface area (Å²) in [6.07, 6.45) is 1.10. The van der Waals surface area contributed by atoms with Crippen LogP contribution in [0.15, 0.2) is 57.9 Å². The highest BCUT2D eigenvalue weighted by Crippen LogP contribution is 2.18. The van der Waals surface area contributed by atoms with E-state index in [1.54, 1.807) is 18.2 Å². The number of aryl methyl sites for hydroxylation is 1. The summed E-state index contributed by atoms with van der Waals surface area (Å²) >= 11 is 0. The lowest BCUT2D eigenvalue weighted by atomic mass is 10.0. The topological polar surface area (TPSA) is 90.4 Å². The normalized spacial score (nSPS) is 10.7. The quantitative estimate of drug-likeness (QED) is 0.421. The molecule has 0 spiro atoms. The van der Waals surface area contributed by atoms with E-state index in [0.29, 0.717) is 11.0 Å². The van der Waals surface area contributed by atoms with Gasteiger partial charge in [0.15, 0.2) is 5.78 Å². The molecule has 0 bridgehead atoms. The summed E-state index contributed by atoms with van der Waals surface area (Å²) in [6.45, 7) is 1.86. The van der Waals surface area contributed by atoms with E-state index in [1.807, 2.05) is 6.92 Å². The van der Waals surface area contributed by atoms with E-state index in [9.17, 15) is 19.7 Å². The highest BCUT2D eigenvalue weighted by atomic mass is 16.6. The molecule has 0 N–H and O–H groups in total. The zero-order valence-electron chi connectivity index (χ0n) is 12.1. The second-order valence-electron chi connectivity index (χ2n) is 5.11. The Labute approximate surface area is 130 Å². The fourth-order valence-electron chi connectivity index (χ4n) is 2.31. The number of fused-ring (bicyclic) bond motifs is 1. The van der Waals surface area contributed by atoms with Crippen LogP contribution >= 0.6 is 0 Å². The third-order valence-electron chi connectivity index (χ3n) is 3.49. The van der Waals surface area contributed by atoms with Crippen molar-refractivity contribution in [1.82, 2.24) is 0 Å². The van der Waals surface area contributed by atoms with E-state index in [1.165, 1.54) is 18.2 Å². The van der Waals surface area contributed by atoms with Crippen molar-refractivity contribution < 1.29 is 14.1 Å². The lowest BCUT2D eigenvalue weighted by Crippen LogP contribution is -2.15. The summed E-state index contributed by atoms with van der Waals surface area (Å²) in [4.78, 5) is 35.1. The van der Waals surface area contributed by atoms with E-state index in [0.717, 1.165) is 17.9 Å². The molecule has 6 heteroatoms. The van der Waals surface area contributed by atoms with Gasteiger partial charge in [-0.2, -0.15) is 0 Å². The van der Waals surface area contributed by atoms with Gasteiger partial charge in [0.1, 0.15) is 17.4 Å². The third-order valence-corrected chi connectivity index (χ3v) is 3.49. The molecule has 3 rings (SSSR count). The minimum Gasteiger partial charge on any atom is -0.463 e. The van der Waals surface area contributed by atoms with Gasteiger partial charge in [-0.25, -0.2) is 0 Å². The van der Waals surface area contributed by atoms with Gasteiger partial charge in [-0.05, 0) is 24.6 Å². The SMILES string of the molecule is Cc1ccc2c(=O)c(C(=O)c3cccc([N+](=O)[O-])c3)coc2c1. The van der Waals surface area contributed by atoms with Gasteiger partial charge < -0.3 is 4.42 Å². The predicted molar refractivity (Wildman–Crippen MR) is 83.7 cm³/mol. The first-order valence-electron chi connectivity index (χ1n) is 6.78. The van der Waals surface area contributed by atoms with Crippen LogP contribution < -0.4 is 5.43 Å². The molecule has 0 saturated carbocycles. The molecule has 1 aromatic heterocycles. The molecule has 0 aliphatic rings. The third kappa shape index (κ3) is 2.62. The van der Waals surface area contributed by atoms with Gasteiger partial charge in [0.05, 0.1) is 10.3 Å². The van der Waals surface area contributed by atoms with Crippen LogP contribution in [0.5, 0.6) is 0 Å². The van der Waals surface area contributed by atoms with Crippen molar-refractivity contribution in [3.8, 4) is 0 Å². The molecule has 0 aliphatic heterocycles. The zero-order chi connectivity index (χ0) is 16.6. The Morgan fingerprint density at radius 2 is 1.96 bits per heavy atom. The van der Waals surface area contributed by atoms with E-state index in [-0.39, 0.29) is 16.8 Å². The maximum absolute atomic E-state index is 12.5. The number of rotatable bonds is 3. The van der Waals surface area contributed by atoms with Crippen molar-refractivity contribution >= 4 is 22.4 Å². The number of nitro groups is 1. The second-order valence-corrected chi connectivity index (χ2v) is 5.11. The summed E-state index contributed by atoms with van der Waals surface area (Å²) < 4.78 is 5.37. The van der Waals surface area contributed by atoms with Crippen LogP contribution in [-0.4, -0.2) is 10.7 Å². The van der Waals surface area contributed by atoms with Crippen molar-refractivity contribution in [3.05, 3.63) is 85.8 Å². The average Bonchev–Trinajstić information content (AvgIpc) is 2.54. The average molecular weight is 309 g/mol. The molecule has 0 aliphatic carbocycles. The molecular weight excluding hydrogens is 298 g/mol. The van der Waals surface area contributed by atoms with Gasteiger partial charge >= 0.3 is 0 Å². The Bertz CT molecular complexity index is 1000. The molecule has 0 amide bonds. The molecule has 3 aromatic rings. The number of carbonyl (C=O) groups excluding carboxylic acids is 1.